The van der Waals surface area contributed by atoms with Gasteiger partial charge in [0.15, 0.2) is 0 Å². The van der Waals surface area contributed by atoms with Gasteiger partial charge in [0, 0.05) is 17.5 Å². The SMILES string of the molecule is CC(C)CC(C)N(C)CCCN=[N+]=[N-]. The van der Waals surface area contributed by atoms with E-state index in [1.807, 2.05) is 0 Å². The van der Waals surface area contributed by atoms with Crippen molar-refractivity contribution < 1.29 is 0 Å². The first-order chi connectivity index (χ1) is 6.57. The third-order valence-electron chi connectivity index (χ3n) is 2.40. The summed E-state index contributed by atoms with van der Waals surface area (Å²) in [6, 6.07) is 0.612. The van der Waals surface area contributed by atoms with Crippen LogP contribution in [0.1, 0.15) is 33.6 Å². The highest BCUT2D eigenvalue weighted by Gasteiger charge is 2.09. The molecule has 4 heteroatoms. The van der Waals surface area contributed by atoms with Crippen LogP contribution < -0.4 is 0 Å². The molecule has 0 aromatic carbocycles. The molecule has 4 nitrogen and oxygen atoms in total. The van der Waals surface area contributed by atoms with Crippen molar-refractivity contribution in [2.75, 3.05) is 20.1 Å². The zero-order chi connectivity index (χ0) is 11.0. The highest BCUT2D eigenvalue weighted by molar-refractivity contribution is 4.65. The lowest BCUT2D eigenvalue weighted by molar-refractivity contribution is 0.227. The van der Waals surface area contributed by atoms with Crippen LogP contribution in [0.25, 0.3) is 10.4 Å². The maximum Gasteiger partial charge on any atom is 0.0270 e. The number of hydrogen-bond donors (Lipinski definition) is 0. The van der Waals surface area contributed by atoms with Gasteiger partial charge in [-0.3, -0.25) is 0 Å². The molecular formula is C10H22N4. The van der Waals surface area contributed by atoms with Gasteiger partial charge in [-0.15, -0.1) is 0 Å². The Morgan fingerprint density at radius 2 is 2.00 bits per heavy atom. The Labute approximate surface area is 86.9 Å². The molecule has 0 amide bonds. The lowest BCUT2D eigenvalue weighted by Crippen LogP contribution is -2.31. The summed E-state index contributed by atoms with van der Waals surface area (Å²) in [5, 5.41) is 3.52. The second-order valence-corrected chi connectivity index (χ2v) is 4.27. The molecule has 14 heavy (non-hydrogen) atoms. The molecule has 0 radical (unpaired) electrons. The van der Waals surface area contributed by atoms with E-state index in [9.17, 15) is 0 Å². The monoisotopic (exact) mass is 198 g/mol. The predicted octanol–water partition coefficient (Wildman–Crippen LogP) is 3.05. The van der Waals surface area contributed by atoms with Gasteiger partial charge >= 0.3 is 0 Å². The molecule has 0 fully saturated rings. The van der Waals surface area contributed by atoms with Crippen LogP contribution >= 0.6 is 0 Å². The van der Waals surface area contributed by atoms with E-state index in [4.69, 9.17) is 5.53 Å². The van der Waals surface area contributed by atoms with Crippen molar-refractivity contribution in [3.63, 3.8) is 0 Å². The van der Waals surface area contributed by atoms with E-state index in [2.05, 4.69) is 42.7 Å². The first kappa shape index (κ1) is 13.3. The first-order valence-corrected chi connectivity index (χ1v) is 5.29. The Bertz CT molecular complexity index is 185. The van der Waals surface area contributed by atoms with Gasteiger partial charge in [-0.1, -0.05) is 19.0 Å². The van der Waals surface area contributed by atoms with Gasteiger partial charge in [0.2, 0.25) is 0 Å². The summed E-state index contributed by atoms with van der Waals surface area (Å²) >= 11 is 0. The molecule has 82 valence electrons. The third-order valence-corrected chi connectivity index (χ3v) is 2.40. The lowest BCUT2D eigenvalue weighted by Gasteiger charge is -2.25. The minimum Gasteiger partial charge on any atom is -0.304 e. The van der Waals surface area contributed by atoms with Gasteiger partial charge < -0.3 is 4.90 Å². The van der Waals surface area contributed by atoms with Crippen LogP contribution in [0.15, 0.2) is 5.11 Å². The van der Waals surface area contributed by atoms with Crippen LogP contribution in [0.2, 0.25) is 0 Å². The second-order valence-electron chi connectivity index (χ2n) is 4.27. The van der Waals surface area contributed by atoms with Crippen LogP contribution in [0.4, 0.5) is 0 Å². The summed E-state index contributed by atoms with van der Waals surface area (Å²) in [6.07, 6.45) is 2.17. The molecule has 0 spiro atoms. The van der Waals surface area contributed by atoms with Crippen molar-refractivity contribution in [2.45, 2.75) is 39.7 Å². The molecule has 0 rings (SSSR count). The van der Waals surface area contributed by atoms with Gasteiger partial charge in [-0.25, -0.2) is 0 Å². The van der Waals surface area contributed by atoms with Gasteiger partial charge in [-0.05, 0) is 44.8 Å². The van der Waals surface area contributed by atoms with E-state index in [-0.39, 0.29) is 0 Å². The fourth-order valence-electron chi connectivity index (χ4n) is 1.52. The van der Waals surface area contributed by atoms with Gasteiger partial charge in [0.1, 0.15) is 0 Å². The van der Waals surface area contributed by atoms with Crippen molar-refractivity contribution in [1.82, 2.24) is 4.90 Å². The maximum absolute atomic E-state index is 8.10. The van der Waals surface area contributed by atoms with Gasteiger partial charge in [-0.2, -0.15) is 0 Å². The molecule has 0 aliphatic carbocycles. The molecule has 0 N–H and O–H groups in total. The van der Waals surface area contributed by atoms with Crippen molar-refractivity contribution in [1.29, 1.82) is 0 Å². The third kappa shape index (κ3) is 6.75. The van der Waals surface area contributed by atoms with E-state index < -0.39 is 0 Å². The van der Waals surface area contributed by atoms with Crippen LogP contribution in [0.3, 0.4) is 0 Å². The maximum atomic E-state index is 8.10. The highest BCUT2D eigenvalue weighted by Crippen LogP contribution is 2.09. The molecule has 0 saturated carbocycles. The minimum atomic E-state index is 0.606. The fourth-order valence-corrected chi connectivity index (χ4v) is 1.52. The molecule has 0 saturated heterocycles. The van der Waals surface area contributed by atoms with Gasteiger partial charge in [0.05, 0.1) is 0 Å². The zero-order valence-electron chi connectivity index (χ0n) is 9.77. The molecule has 0 bridgehead atoms. The van der Waals surface area contributed by atoms with Crippen molar-refractivity contribution in [2.24, 2.45) is 11.0 Å². The minimum absolute atomic E-state index is 0.606. The molecule has 0 aliphatic heterocycles. The molecule has 0 aromatic heterocycles. The predicted molar refractivity (Wildman–Crippen MR) is 60.2 cm³/mol. The van der Waals surface area contributed by atoms with Crippen LogP contribution in [0, 0.1) is 5.92 Å². The highest BCUT2D eigenvalue weighted by atomic mass is 15.1. The van der Waals surface area contributed by atoms with E-state index in [1.165, 1.54) is 6.42 Å². The second kappa shape index (κ2) is 7.65. The summed E-state index contributed by atoms with van der Waals surface area (Å²) < 4.78 is 0. The Morgan fingerprint density at radius 3 is 2.50 bits per heavy atom. The zero-order valence-corrected chi connectivity index (χ0v) is 9.77. The van der Waals surface area contributed by atoms with Crippen LogP contribution in [-0.4, -0.2) is 31.1 Å². The summed E-state index contributed by atoms with van der Waals surface area (Å²) in [4.78, 5) is 5.06. The number of hydrogen-bond acceptors (Lipinski definition) is 2. The normalized spacial score (nSPS) is 13.0. The molecular weight excluding hydrogens is 176 g/mol. The van der Waals surface area contributed by atoms with Crippen molar-refractivity contribution in [3.05, 3.63) is 10.4 Å². The lowest BCUT2D eigenvalue weighted by atomic mass is 10.0. The summed E-state index contributed by atoms with van der Waals surface area (Å²) in [5.41, 5.74) is 8.10. The quantitative estimate of drug-likeness (QED) is 0.268. The fraction of sp³-hybridized carbons (Fsp3) is 1.00. The van der Waals surface area contributed by atoms with E-state index in [0.29, 0.717) is 12.6 Å². The number of azide groups is 1. The standard InChI is InChI=1S/C10H22N4/c1-9(2)8-10(3)14(4)7-5-6-12-13-11/h9-10H,5-8H2,1-4H3. The summed E-state index contributed by atoms with van der Waals surface area (Å²) in [7, 11) is 2.13. The Balaban J connectivity index is 3.61. The van der Waals surface area contributed by atoms with E-state index >= 15 is 0 Å². The molecule has 1 unspecified atom stereocenters. The van der Waals surface area contributed by atoms with Crippen LogP contribution in [-0.2, 0) is 0 Å². The van der Waals surface area contributed by atoms with E-state index in [1.54, 1.807) is 0 Å². The largest absolute Gasteiger partial charge is 0.304 e. The molecule has 0 heterocycles. The topological polar surface area (TPSA) is 52.0 Å². The van der Waals surface area contributed by atoms with E-state index in [0.717, 1.165) is 18.9 Å². The Hall–Kier alpha value is -0.730. The van der Waals surface area contributed by atoms with Crippen molar-refractivity contribution >= 4 is 0 Å². The Kier molecular flexibility index (Phi) is 7.25. The molecule has 1 atom stereocenters. The smallest absolute Gasteiger partial charge is 0.0270 e. The molecule has 0 aliphatic rings. The summed E-state index contributed by atoms with van der Waals surface area (Å²) in [5.74, 6) is 0.740. The van der Waals surface area contributed by atoms with Crippen LogP contribution in [0.5, 0.6) is 0 Å². The molecule has 0 aromatic rings. The van der Waals surface area contributed by atoms with Crippen molar-refractivity contribution in [3.8, 4) is 0 Å². The summed E-state index contributed by atoms with van der Waals surface area (Å²) in [6.45, 7) is 8.34. The first-order valence-electron chi connectivity index (χ1n) is 5.29. The average molecular weight is 198 g/mol. The number of rotatable bonds is 7. The van der Waals surface area contributed by atoms with Gasteiger partial charge in [0.25, 0.3) is 0 Å². The Morgan fingerprint density at radius 1 is 1.36 bits per heavy atom. The average Bonchev–Trinajstić information content (AvgIpc) is 2.11. The number of nitrogens with zero attached hydrogens (tertiary/aromatic N) is 4.